The maximum atomic E-state index is 5.19. The number of hydrogen-bond acceptors (Lipinski definition) is 5. The Kier molecular flexibility index (Phi) is 3.38. The quantitative estimate of drug-likeness (QED) is 0.744. The summed E-state index contributed by atoms with van der Waals surface area (Å²) in [6, 6.07) is 6.37. The number of rotatable bonds is 3. The summed E-state index contributed by atoms with van der Waals surface area (Å²) in [7, 11) is 0. The SMILES string of the molecule is Cc1cc(CN2CCCC[C@@H]2c2ccn3nccc3n2)no1. The van der Waals surface area contributed by atoms with Crippen molar-refractivity contribution in [3.8, 4) is 0 Å². The Morgan fingerprint density at radius 1 is 1.32 bits per heavy atom. The van der Waals surface area contributed by atoms with Crippen LogP contribution in [0.2, 0.25) is 0 Å². The smallest absolute Gasteiger partial charge is 0.155 e. The predicted molar refractivity (Wildman–Crippen MR) is 81.2 cm³/mol. The van der Waals surface area contributed by atoms with Crippen molar-refractivity contribution in [1.29, 1.82) is 0 Å². The molecule has 114 valence electrons. The molecule has 1 aliphatic heterocycles. The maximum absolute atomic E-state index is 5.19. The van der Waals surface area contributed by atoms with Gasteiger partial charge in [-0.05, 0) is 32.4 Å². The molecule has 0 spiro atoms. The van der Waals surface area contributed by atoms with E-state index >= 15 is 0 Å². The van der Waals surface area contributed by atoms with Crippen LogP contribution in [0, 0.1) is 6.92 Å². The number of aromatic nitrogens is 4. The zero-order chi connectivity index (χ0) is 14.9. The topological polar surface area (TPSA) is 59.5 Å². The van der Waals surface area contributed by atoms with E-state index in [-0.39, 0.29) is 0 Å². The fourth-order valence-corrected chi connectivity index (χ4v) is 3.23. The average molecular weight is 297 g/mol. The Balaban J connectivity index is 1.61. The Bertz CT molecular complexity index is 778. The first-order valence-corrected chi connectivity index (χ1v) is 7.76. The minimum atomic E-state index is 0.339. The summed E-state index contributed by atoms with van der Waals surface area (Å²) in [5.41, 5.74) is 3.02. The lowest BCUT2D eigenvalue weighted by Gasteiger charge is -2.34. The summed E-state index contributed by atoms with van der Waals surface area (Å²) in [6.07, 6.45) is 7.37. The van der Waals surface area contributed by atoms with E-state index in [2.05, 4.69) is 21.2 Å². The highest BCUT2D eigenvalue weighted by Gasteiger charge is 2.26. The van der Waals surface area contributed by atoms with Gasteiger partial charge < -0.3 is 4.52 Å². The van der Waals surface area contributed by atoms with Gasteiger partial charge in [0.15, 0.2) is 5.65 Å². The number of nitrogens with zero attached hydrogens (tertiary/aromatic N) is 5. The number of piperidine rings is 1. The maximum Gasteiger partial charge on any atom is 0.155 e. The van der Waals surface area contributed by atoms with Crippen molar-refractivity contribution in [2.24, 2.45) is 0 Å². The first kappa shape index (κ1) is 13.5. The molecule has 3 aromatic rings. The third kappa shape index (κ3) is 2.50. The van der Waals surface area contributed by atoms with Crippen LogP contribution < -0.4 is 0 Å². The van der Waals surface area contributed by atoms with E-state index in [1.807, 2.05) is 25.3 Å². The summed E-state index contributed by atoms with van der Waals surface area (Å²) in [5, 5.41) is 8.34. The van der Waals surface area contributed by atoms with E-state index in [1.165, 1.54) is 12.8 Å². The largest absolute Gasteiger partial charge is 0.361 e. The van der Waals surface area contributed by atoms with E-state index in [0.717, 1.165) is 42.3 Å². The van der Waals surface area contributed by atoms with Crippen molar-refractivity contribution >= 4 is 5.65 Å². The van der Waals surface area contributed by atoms with Crippen LogP contribution in [0.4, 0.5) is 0 Å². The first-order valence-electron chi connectivity index (χ1n) is 7.76. The van der Waals surface area contributed by atoms with Crippen LogP contribution in [0.5, 0.6) is 0 Å². The van der Waals surface area contributed by atoms with E-state index in [9.17, 15) is 0 Å². The van der Waals surface area contributed by atoms with Gasteiger partial charge in [-0.1, -0.05) is 11.6 Å². The molecule has 1 saturated heterocycles. The third-order valence-electron chi connectivity index (χ3n) is 4.28. The van der Waals surface area contributed by atoms with Crippen LogP contribution >= 0.6 is 0 Å². The zero-order valence-corrected chi connectivity index (χ0v) is 12.6. The Hall–Kier alpha value is -2.21. The van der Waals surface area contributed by atoms with Crippen LogP contribution in [0.1, 0.15) is 42.5 Å². The molecule has 1 aliphatic rings. The molecule has 0 aliphatic carbocycles. The molecule has 0 amide bonds. The van der Waals surface area contributed by atoms with Gasteiger partial charge in [-0.25, -0.2) is 9.50 Å². The van der Waals surface area contributed by atoms with Crippen molar-refractivity contribution in [2.75, 3.05) is 6.54 Å². The molecule has 22 heavy (non-hydrogen) atoms. The van der Waals surface area contributed by atoms with Gasteiger partial charge in [0.25, 0.3) is 0 Å². The second kappa shape index (κ2) is 5.53. The molecule has 4 rings (SSSR count). The van der Waals surface area contributed by atoms with Crippen LogP contribution in [0.15, 0.2) is 35.1 Å². The lowest BCUT2D eigenvalue weighted by molar-refractivity contribution is 0.134. The zero-order valence-electron chi connectivity index (χ0n) is 12.6. The van der Waals surface area contributed by atoms with Crippen molar-refractivity contribution in [3.05, 3.63) is 47.7 Å². The molecule has 4 heterocycles. The Morgan fingerprint density at radius 2 is 2.27 bits per heavy atom. The summed E-state index contributed by atoms with van der Waals surface area (Å²) in [4.78, 5) is 7.23. The molecule has 0 N–H and O–H groups in total. The van der Waals surface area contributed by atoms with E-state index in [4.69, 9.17) is 9.51 Å². The van der Waals surface area contributed by atoms with Gasteiger partial charge in [-0.15, -0.1) is 0 Å². The van der Waals surface area contributed by atoms with E-state index in [1.54, 1.807) is 10.7 Å². The monoisotopic (exact) mass is 297 g/mol. The summed E-state index contributed by atoms with van der Waals surface area (Å²) in [6.45, 7) is 3.82. The average Bonchev–Trinajstić information content (AvgIpc) is 3.16. The van der Waals surface area contributed by atoms with Gasteiger partial charge in [0, 0.05) is 24.9 Å². The van der Waals surface area contributed by atoms with Crippen LogP contribution in [0.25, 0.3) is 5.65 Å². The van der Waals surface area contributed by atoms with Gasteiger partial charge in [-0.3, -0.25) is 4.90 Å². The fraction of sp³-hybridized carbons (Fsp3) is 0.438. The molecule has 0 unspecified atom stereocenters. The summed E-state index contributed by atoms with van der Waals surface area (Å²) >= 11 is 0. The molecule has 6 nitrogen and oxygen atoms in total. The lowest BCUT2D eigenvalue weighted by Crippen LogP contribution is -2.33. The number of likely N-dealkylation sites (tertiary alicyclic amines) is 1. The molecule has 3 aromatic heterocycles. The highest BCUT2D eigenvalue weighted by atomic mass is 16.5. The second-order valence-electron chi connectivity index (χ2n) is 5.90. The molecule has 0 aromatic carbocycles. The molecule has 0 saturated carbocycles. The molecule has 0 radical (unpaired) electrons. The number of fused-ring (bicyclic) bond motifs is 1. The van der Waals surface area contributed by atoms with Crippen molar-refractivity contribution in [1.82, 2.24) is 24.7 Å². The summed E-state index contributed by atoms with van der Waals surface area (Å²) < 4.78 is 6.99. The molecule has 1 fully saturated rings. The second-order valence-corrected chi connectivity index (χ2v) is 5.90. The molecule has 6 heteroatoms. The molecule has 1 atom stereocenters. The van der Waals surface area contributed by atoms with Gasteiger partial charge >= 0.3 is 0 Å². The van der Waals surface area contributed by atoms with Crippen molar-refractivity contribution in [2.45, 2.75) is 38.8 Å². The minimum absolute atomic E-state index is 0.339. The normalized spacial score (nSPS) is 19.8. The van der Waals surface area contributed by atoms with Gasteiger partial charge in [0.1, 0.15) is 5.76 Å². The van der Waals surface area contributed by atoms with Crippen LogP contribution in [-0.4, -0.2) is 31.2 Å². The number of aryl methyl sites for hydroxylation is 1. The Labute approximate surface area is 128 Å². The highest BCUT2D eigenvalue weighted by Crippen LogP contribution is 2.31. The van der Waals surface area contributed by atoms with Gasteiger partial charge in [0.05, 0.1) is 23.6 Å². The molecule has 0 bridgehead atoms. The lowest BCUT2D eigenvalue weighted by atomic mass is 9.99. The van der Waals surface area contributed by atoms with Crippen LogP contribution in [0.3, 0.4) is 0 Å². The van der Waals surface area contributed by atoms with Crippen molar-refractivity contribution in [3.63, 3.8) is 0 Å². The number of hydrogen-bond donors (Lipinski definition) is 0. The Morgan fingerprint density at radius 3 is 3.14 bits per heavy atom. The van der Waals surface area contributed by atoms with E-state index < -0.39 is 0 Å². The summed E-state index contributed by atoms with van der Waals surface area (Å²) in [5.74, 6) is 0.863. The predicted octanol–water partition coefficient (Wildman–Crippen LogP) is 2.75. The highest BCUT2D eigenvalue weighted by molar-refractivity contribution is 5.37. The third-order valence-corrected chi connectivity index (χ3v) is 4.28. The first-order chi connectivity index (χ1) is 10.8. The van der Waals surface area contributed by atoms with E-state index in [0.29, 0.717) is 6.04 Å². The van der Waals surface area contributed by atoms with Crippen LogP contribution in [-0.2, 0) is 6.54 Å². The minimum Gasteiger partial charge on any atom is -0.361 e. The molecular weight excluding hydrogens is 278 g/mol. The van der Waals surface area contributed by atoms with Gasteiger partial charge in [-0.2, -0.15) is 5.10 Å². The standard InChI is InChI=1S/C16H19N5O/c1-12-10-13(19-22-12)11-20-8-3-2-4-15(20)14-6-9-21-16(18-14)5-7-17-21/h5-7,9-10,15H,2-4,8,11H2,1H3/t15-/m1/s1. The fourth-order valence-electron chi connectivity index (χ4n) is 3.23. The van der Waals surface area contributed by atoms with Gasteiger partial charge in [0.2, 0.25) is 0 Å². The van der Waals surface area contributed by atoms with Crippen molar-refractivity contribution < 1.29 is 4.52 Å². The molecular formula is C16H19N5O.